The van der Waals surface area contributed by atoms with Gasteiger partial charge in [0.25, 0.3) is 11.8 Å². The second-order valence-electron chi connectivity index (χ2n) is 5.72. The van der Waals surface area contributed by atoms with Crippen LogP contribution in [0.4, 0.5) is 6.01 Å². The number of hydrogen-bond acceptors (Lipinski definition) is 9. The zero-order valence-corrected chi connectivity index (χ0v) is 17.5. The number of aromatic nitrogens is 3. The Labute approximate surface area is 172 Å². The first-order valence-electron chi connectivity index (χ1n) is 9.19. The second kappa shape index (κ2) is 9.37. The highest BCUT2D eigenvalue weighted by atomic mass is 32.1. The maximum absolute atomic E-state index is 12.7. The highest BCUT2D eigenvalue weighted by molar-refractivity contribution is 7.09. The lowest BCUT2D eigenvalue weighted by atomic mass is 10.1. The molecule has 0 atom stereocenters. The van der Waals surface area contributed by atoms with Gasteiger partial charge in [0, 0.05) is 10.9 Å². The van der Waals surface area contributed by atoms with Crippen LogP contribution in [0.5, 0.6) is 17.2 Å². The second-order valence-corrected chi connectivity index (χ2v) is 6.78. The molecule has 0 aliphatic carbocycles. The molecule has 0 aliphatic rings. The van der Waals surface area contributed by atoms with Gasteiger partial charge in [-0.1, -0.05) is 5.10 Å². The van der Waals surface area contributed by atoms with Gasteiger partial charge >= 0.3 is 6.01 Å². The number of ether oxygens (including phenoxy) is 3. The molecule has 0 spiro atoms. The van der Waals surface area contributed by atoms with E-state index in [0.29, 0.717) is 48.3 Å². The van der Waals surface area contributed by atoms with Gasteiger partial charge in [-0.15, -0.1) is 16.4 Å². The van der Waals surface area contributed by atoms with E-state index in [2.05, 4.69) is 20.5 Å². The van der Waals surface area contributed by atoms with E-state index in [4.69, 9.17) is 18.6 Å². The molecule has 154 valence electrons. The van der Waals surface area contributed by atoms with Gasteiger partial charge in [-0.2, -0.15) is 0 Å². The lowest BCUT2D eigenvalue weighted by molar-refractivity contribution is 0.102. The summed E-state index contributed by atoms with van der Waals surface area (Å²) in [6.07, 6.45) is 0. The van der Waals surface area contributed by atoms with Gasteiger partial charge < -0.3 is 18.6 Å². The number of anilines is 1. The number of nitrogens with zero attached hydrogens (tertiary/aromatic N) is 3. The summed E-state index contributed by atoms with van der Waals surface area (Å²) >= 11 is 1.47. The molecule has 1 N–H and O–H groups in total. The van der Waals surface area contributed by atoms with E-state index in [1.165, 1.54) is 11.3 Å². The fourth-order valence-corrected chi connectivity index (χ4v) is 3.11. The molecule has 29 heavy (non-hydrogen) atoms. The van der Waals surface area contributed by atoms with Crippen molar-refractivity contribution in [2.75, 3.05) is 25.1 Å². The van der Waals surface area contributed by atoms with Crippen LogP contribution < -0.4 is 19.5 Å². The van der Waals surface area contributed by atoms with Crippen molar-refractivity contribution >= 4 is 23.3 Å². The zero-order valence-electron chi connectivity index (χ0n) is 16.6. The molecule has 0 saturated carbocycles. The quantitative estimate of drug-likeness (QED) is 0.556. The minimum absolute atomic E-state index is 0.0274. The molecule has 2 aromatic heterocycles. The number of hydrogen-bond donors (Lipinski definition) is 1. The Bertz CT molecular complexity index is 958. The monoisotopic (exact) mass is 418 g/mol. The van der Waals surface area contributed by atoms with Crippen molar-refractivity contribution in [2.45, 2.75) is 27.7 Å². The first-order valence-corrected chi connectivity index (χ1v) is 10.1. The molecule has 0 aliphatic heterocycles. The predicted octanol–water partition coefficient (Wildman–Crippen LogP) is 3.95. The summed E-state index contributed by atoms with van der Waals surface area (Å²) < 4.78 is 22.4. The predicted molar refractivity (Wildman–Crippen MR) is 108 cm³/mol. The summed E-state index contributed by atoms with van der Waals surface area (Å²) in [4.78, 5) is 17.0. The number of thiazole rings is 1. The number of carbonyl (C=O) groups is 1. The Balaban J connectivity index is 1.85. The maximum Gasteiger partial charge on any atom is 0.322 e. The van der Waals surface area contributed by atoms with E-state index in [-0.39, 0.29) is 11.9 Å². The molecular formula is C19H22N4O5S. The number of nitrogens with one attached hydrogen (secondary N) is 1. The van der Waals surface area contributed by atoms with Crippen LogP contribution in [0.15, 0.2) is 21.9 Å². The Kier molecular flexibility index (Phi) is 6.65. The van der Waals surface area contributed by atoms with Crippen LogP contribution in [0.1, 0.15) is 36.1 Å². The van der Waals surface area contributed by atoms with Crippen molar-refractivity contribution in [2.24, 2.45) is 0 Å². The smallest absolute Gasteiger partial charge is 0.322 e. The molecule has 1 amide bonds. The Morgan fingerprint density at radius 1 is 1.07 bits per heavy atom. The van der Waals surface area contributed by atoms with E-state index < -0.39 is 5.91 Å². The van der Waals surface area contributed by atoms with Gasteiger partial charge in [0.1, 0.15) is 5.69 Å². The average molecular weight is 418 g/mol. The zero-order chi connectivity index (χ0) is 20.8. The van der Waals surface area contributed by atoms with Gasteiger partial charge in [-0.05, 0) is 39.8 Å². The lowest BCUT2D eigenvalue weighted by Gasteiger charge is -2.16. The van der Waals surface area contributed by atoms with E-state index >= 15 is 0 Å². The van der Waals surface area contributed by atoms with E-state index in [1.54, 1.807) is 12.1 Å². The molecule has 0 radical (unpaired) electrons. The third kappa shape index (κ3) is 4.83. The molecule has 1 aromatic carbocycles. The molecule has 0 bridgehead atoms. The fourth-order valence-electron chi connectivity index (χ4n) is 2.53. The molecule has 0 unspecified atom stereocenters. The highest BCUT2D eigenvalue weighted by Gasteiger charge is 2.20. The number of carbonyl (C=O) groups excluding carboxylic acids is 1. The minimum atomic E-state index is -0.445. The number of amides is 1. The third-order valence-electron chi connectivity index (χ3n) is 3.65. The molecule has 2 heterocycles. The summed E-state index contributed by atoms with van der Waals surface area (Å²) in [5, 5.41) is 13.1. The van der Waals surface area contributed by atoms with Crippen molar-refractivity contribution in [1.82, 2.24) is 15.2 Å². The van der Waals surface area contributed by atoms with Gasteiger partial charge in [0.2, 0.25) is 5.75 Å². The summed E-state index contributed by atoms with van der Waals surface area (Å²) in [6, 6.07) is 3.15. The summed E-state index contributed by atoms with van der Waals surface area (Å²) in [5.74, 6) is 1.11. The summed E-state index contributed by atoms with van der Waals surface area (Å²) in [6.45, 7) is 8.71. The van der Waals surface area contributed by atoms with Crippen LogP contribution in [-0.2, 0) is 0 Å². The Hall–Kier alpha value is -3.14. The molecule has 0 fully saturated rings. The van der Waals surface area contributed by atoms with Gasteiger partial charge in [0.05, 0.1) is 24.8 Å². The summed E-state index contributed by atoms with van der Waals surface area (Å²) in [7, 11) is 0. The maximum atomic E-state index is 12.7. The lowest BCUT2D eigenvalue weighted by Crippen LogP contribution is -2.13. The largest absolute Gasteiger partial charge is 0.490 e. The van der Waals surface area contributed by atoms with Crippen molar-refractivity contribution in [3.8, 4) is 28.8 Å². The van der Waals surface area contributed by atoms with Crippen LogP contribution in [0, 0.1) is 6.92 Å². The van der Waals surface area contributed by atoms with Crippen LogP contribution in [0.2, 0.25) is 0 Å². The molecule has 3 aromatic rings. The molecule has 9 nitrogen and oxygen atoms in total. The van der Waals surface area contributed by atoms with Gasteiger partial charge in [-0.25, -0.2) is 4.98 Å². The van der Waals surface area contributed by atoms with Crippen molar-refractivity contribution in [3.63, 3.8) is 0 Å². The highest BCUT2D eigenvalue weighted by Crippen LogP contribution is 2.39. The first kappa shape index (κ1) is 20.6. The molecule has 3 rings (SSSR count). The SMILES string of the molecule is CCOc1cc(C(=O)Nc2nnc(-c3csc(C)n3)o2)cc(OCC)c1OCC. The third-order valence-corrected chi connectivity index (χ3v) is 4.43. The average Bonchev–Trinajstić information content (AvgIpc) is 3.33. The van der Waals surface area contributed by atoms with E-state index in [1.807, 2.05) is 33.1 Å². The van der Waals surface area contributed by atoms with Gasteiger partial charge in [-0.3, -0.25) is 10.1 Å². The molecule has 10 heteroatoms. The van der Waals surface area contributed by atoms with E-state index in [9.17, 15) is 4.79 Å². The fraction of sp³-hybridized carbons (Fsp3) is 0.368. The van der Waals surface area contributed by atoms with Crippen LogP contribution in [0.3, 0.4) is 0 Å². The number of rotatable bonds is 9. The normalized spacial score (nSPS) is 10.6. The molecular weight excluding hydrogens is 396 g/mol. The summed E-state index contributed by atoms with van der Waals surface area (Å²) in [5.41, 5.74) is 0.878. The first-order chi connectivity index (χ1) is 14.0. The topological polar surface area (TPSA) is 109 Å². The molecule has 0 saturated heterocycles. The van der Waals surface area contributed by atoms with Crippen LogP contribution in [0.25, 0.3) is 11.6 Å². The van der Waals surface area contributed by atoms with Crippen LogP contribution in [-0.4, -0.2) is 40.9 Å². The van der Waals surface area contributed by atoms with Crippen molar-refractivity contribution in [3.05, 3.63) is 28.1 Å². The Morgan fingerprint density at radius 2 is 1.72 bits per heavy atom. The standard InChI is InChI=1S/C19H22N4O5S/c1-5-25-14-8-12(9-15(26-6-2)16(14)27-7-3)17(24)21-19-23-22-18(28-19)13-10-29-11(4)20-13/h8-10H,5-7H2,1-4H3,(H,21,23,24). The Morgan fingerprint density at radius 3 is 2.28 bits per heavy atom. The van der Waals surface area contributed by atoms with E-state index in [0.717, 1.165) is 5.01 Å². The minimum Gasteiger partial charge on any atom is -0.490 e. The van der Waals surface area contributed by atoms with Crippen LogP contribution >= 0.6 is 11.3 Å². The van der Waals surface area contributed by atoms with Crippen molar-refractivity contribution < 1.29 is 23.4 Å². The van der Waals surface area contributed by atoms with Crippen molar-refractivity contribution in [1.29, 1.82) is 0 Å². The number of aryl methyl sites for hydroxylation is 1. The number of benzene rings is 1. The van der Waals surface area contributed by atoms with Gasteiger partial charge in [0.15, 0.2) is 11.5 Å².